The second-order valence-corrected chi connectivity index (χ2v) is 6.91. The SMILES string of the molecule is CNCC1CCN(C(=O)c2cnn(-c3ccc(Cl)cc3Cl)c2)CC1.Cl. The quantitative estimate of drug-likeness (QED) is 0.847. The Hall–Kier alpha value is -1.27. The highest BCUT2D eigenvalue weighted by atomic mass is 35.5. The van der Waals surface area contributed by atoms with E-state index in [1.807, 2.05) is 11.9 Å². The van der Waals surface area contributed by atoms with Crippen molar-refractivity contribution in [1.29, 1.82) is 0 Å². The van der Waals surface area contributed by atoms with Crippen molar-refractivity contribution in [2.24, 2.45) is 5.92 Å². The predicted molar refractivity (Wildman–Crippen MR) is 103 cm³/mol. The Morgan fingerprint density at radius 1 is 1.32 bits per heavy atom. The highest BCUT2D eigenvalue weighted by Crippen LogP contribution is 2.24. The summed E-state index contributed by atoms with van der Waals surface area (Å²) in [6.45, 7) is 2.59. The molecular formula is C17H21Cl3N4O. The number of amides is 1. The fraction of sp³-hybridized carbons (Fsp3) is 0.412. The van der Waals surface area contributed by atoms with Gasteiger partial charge in [0.05, 0.1) is 22.5 Å². The van der Waals surface area contributed by atoms with Crippen LogP contribution in [0, 0.1) is 5.92 Å². The van der Waals surface area contributed by atoms with Crippen molar-refractivity contribution in [2.75, 3.05) is 26.7 Å². The van der Waals surface area contributed by atoms with Gasteiger partial charge in [0.15, 0.2) is 0 Å². The van der Waals surface area contributed by atoms with Crippen LogP contribution in [-0.2, 0) is 0 Å². The molecule has 1 fully saturated rings. The number of carbonyl (C=O) groups excluding carboxylic acids is 1. The molecule has 25 heavy (non-hydrogen) atoms. The van der Waals surface area contributed by atoms with Gasteiger partial charge in [-0.1, -0.05) is 23.2 Å². The fourth-order valence-corrected chi connectivity index (χ4v) is 3.54. The molecule has 5 nitrogen and oxygen atoms in total. The minimum absolute atomic E-state index is 0. The van der Waals surface area contributed by atoms with Crippen molar-refractivity contribution in [3.8, 4) is 5.69 Å². The summed E-state index contributed by atoms with van der Waals surface area (Å²) in [5, 5.41) is 8.54. The van der Waals surface area contributed by atoms with E-state index in [-0.39, 0.29) is 18.3 Å². The van der Waals surface area contributed by atoms with Gasteiger partial charge in [-0.25, -0.2) is 4.68 Å². The lowest BCUT2D eigenvalue weighted by Crippen LogP contribution is -2.40. The van der Waals surface area contributed by atoms with Crippen molar-refractivity contribution in [3.63, 3.8) is 0 Å². The first-order valence-electron chi connectivity index (χ1n) is 8.02. The Morgan fingerprint density at radius 2 is 2.04 bits per heavy atom. The van der Waals surface area contributed by atoms with Gasteiger partial charge >= 0.3 is 0 Å². The normalized spacial score (nSPS) is 15.1. The first kappa shape index (κ1) is 20.0. The maximum absolute atomic E-state index is 12.7. The lowest BCUT2D eigenvalue weighted by Gasteiger charge is -2.31. The lowest BCUT2D eigenvalue weighted by atomic mass is 9.96. The van der Waals surface area contributed by atoms with Crippen LogP contribution in [0.15, 0.2) is 30.6 Å². The molecule has 0 radical (unpaired) electrons. The Kier molecular flexibility index (Phi) is 7.14. The van der Waals surface area contributed by atoms with Crippen LogP contribution in [0.25, 0.3) is 5.69 Å². The number of nitrogens with one attached hydrogen (secondary N) is 1. The molecule has 0 bridgehead atoms. The Bertz CT molecular complexity index is 726. The zero-order chi connectivity index (χ0) is 17.1. The summed E-state index contributed by atoms with van der Waals surface area (Å²) < 4.78 is 1.61. The molecule has 1 amide bonds. The van der Waals surface area contributed by atoms with Crippen LogP contribution in [0.3, 0.4) is 0 Å². The summed E-state index contributed by atoms with van der Waals surface area (Å²) in [5.74, 6) is 0.670. The molecule has 1 aromatic heterocycles. The monoisotopic (exact) mass is 402 g/mol. The zero-order valence-corrected chi connectivity index (χ0v) is 16.2. The number of rotatable bonds is 4. The number of halogens is 3. The molecule has 2 heterocycles. The fourth-order valence-electron chi connectivity index (χ4n) is 3.04. The molecule has 1 aromatic carbocycles. The van der Waals surface area contributed by atoms with Crippen molar-refractivity contribution < 1.29 is 4.79 Å². The molecule has 2 aromatic rings. The van der Waals surface area contributed by atoms with Gasteiger partial charge in [-0.3, -0.25) is 4.79 Å². The molecule has 3 rings (SSSR count). The lowest BCUT2D eigenvalue weighted by molar-refractivity contribution is 0.0691. The van der Waals surface area contributed by atoms with Crippen molar-refractivity contribution in [1.82, 2.24) is 20.0 Å². The second kappa shape index (κ2) is 8.90. The molecule has 136 valence electrons. The smallest absolute Gasteiger partial charge is 0.257 e. The van der Waals surface area contributed by atoms with E-state index in [1.54, 1.807) is 35.3 Å². The third kappa shape index (κ3) is 4.67. The average Bonchev–Trinajstić information content (AvgIpc) is 3.05. The maximum atomic E-state index is 12.7. The van der Waals surface area contributed by atoms with E-state index < -0.39 is 0 Å². The average molecular weight is 404 g/mol. The minimum atomic E-state index is 0. The summed E-state index contributed by atoms with van der Waals surface area (Å²) in [4.78, 5) is 14.6. The van der Waals surface area contributed by atoms with Crippen LogP contribution in [0.1, 0.15) is 23.2 Å². The van der Waals surface area contributed by atoms with E-state index in [0.717, 1.165) is 32.5 Å². The predicted octanol–water partition coefficient (Wildman–Crippen LogP) is 3.67. The number of carbonyl (C=O) groups is 1. The Morgan fingerprint density at radius 3 is 2.68 bits per heavy atom. The molecule has 0 spiro atoms. The molecule has 0 aliphatic carbocycles. The topological polar surface area (TPSA) is 50.2 Å². The molecule has 0 saturated carbocycles. The van der Waals surface area contributed by atoms with Gasteiger partial charge in [0.2, 0.25) is 0 Å². The first-order valence-corrected chi connectivity index (χ1v) is 8.78. The number of benzene rings is 1. The van der Waals surface area contributed by atoms with Crippen LogP contribution in [0.5, 0.6) is 0 Å². The standard InChI is InChI=1S/C17H20Cl2N4O.ClH/c1-20-9-12-4-6-22(7-5-12)17(24)13-10-21-23(11-13)16-3-2-14(18)8-15(16)19;/h2-3,8,10-12,20H,4-7,9H2,1H3;1H. The Labute approximate surface area is 163 Å². The van der Waals surface area contributed by atoms with Crippen LogP contribution in [0.4, 0.5) is 0 Å². The van der Waals surface area contributed by atoms with Gasteiger partial charge < -0.3 is 10.2 Å². The number of hydrogen-bond acceptors (Lipinski definition) is 3. The maximum Gasteiger partial charge on any atom is 0.257 e. The molecule has 0 atom stereocenters. The Balaban J connectivity index is 0.00000225. The van der Waals surface area contributed by atoms with Crippen LogP contribution >= 0.6 is 35.6 Å². The third-order valence-corrected chi connectivity index (χ3v) is 4.92. The van der Waals surface area contributed by atoms with Crippen molar-refractivity contribution in [2.45, 2.75) is 12.8 Å². The summed E-state index contributed by atoms with van der Waals surface area (Å²) in [6, 6.07) is 5.20. The summed E-state index contributed by atoms with van der Waals surface area (Å²) in [7, 11) is 1.97. The third-order valence-electron chi connectivity index (χ3n) is 4.38. The van der Waals surface area contributed by atoms with Crippen LogP contribution in [0.2, 0.25) is 10.0 Å². The van der Waals surface area contributed by atoms with Gasteiger partial charge in [0.1, 0.15) is 0 Å². The number of likely N-dealkylation sites (tertiary alicyclic amines) is 1. The van der Waals surface area contributed by atoms with Gasteiger partial charge in [-0.05, 0) is 50.6 Å². The number of piperidine rings is 1. The molecule has 0 unspecified atom stereocenters. The summed E-state index contributed by atoms with van der Waals surface area (Å²) in [5.41, 5.74) is 1.28. The zero-order valence-electron chi connectivity index (χ0n) is 13.9. The van der Waals surface area contributed by atoms with E-state index in [9.17, 15) is 4.79 Å². The number of nitrogens with zero attached hydrogens (tertiary/aromatic N) is 3. The number of hydrogen-bond donors (Lipinski definition) is 1. The first-order chi connectivity index (χ1) is 11.6. The van der Waals surface area contributed by atoms with E-state index in [4.69, 9.17) is 23.2 Å². The summed E-state index contributed by atoms with van der Waals surface area (Å²) >= 11 is 12.1. The van der Waals surface area contributed by atoms with Gasteiger partial charge in [-0.15, -0.1) is 12.4 Å². The van der Waals surface area contributed by atoms with Gasteiger partial charge in [0.25, 0.3) is 5.91 Å². The van der Waals surface area contributed by atoms with E-state index >= 15 is 0 Å². The van der Waals surface area contributed by atoms with E-state index in [1.165, 1.54) is 0 Å². The van der Waals surface area contributed by atoms with E-state index in [0.29, 0.717) is 27.2 Å². The highest BCUT2D eigenvalue weighted by Gasteiger charge is 2.24. The highest BCUT2D eigenvalue weighted by molar-refractivity contribution is 6.35. The molecule has 1 aliphatic heterocycles. The van der Waals surface area contributed by atoms with E-state index in [2.05, 4.69) is 10.4 Å². The van der Waals surface area contributed by atoms with Crippen LogP contribution < -0.4 is 5.32 Å². The molecule has 1 aliphatic rings. The largest absolute Gasteiger partial charge is 0.339 e. The molecule has 1 N–H and O–H groups in total. The minimum Gasteiger partial charge on any atom is -0.339 e. The molecule has 8 heteroatoms. The molecular weight excluding hydrogens is 383 g/mol. The van der Waals surface area contributed by atoms with Crippen LogP contribution in [-0.4, -0.2) is 47.3 Å². The summed E-state index contributed by atoms with van der Waals surface area (Å²) in [6.07, 6.45) is 5.37. The molecule has 1 saturated heterocycles. The van der Waals surface area contributed by atoms with Gasteiger partial charge in [0, 0.05) is 24.3 Å². The second-order valence-electron chi connectivity index (χ2n) is 6.06. The van der Waals surface area contributed by atoms with Crippen molar-refractivity contribution in [3.05, 3.63) is 46.2 Å². The number of aromatic nitrogens is 2. The van der Waals surface area contributed by atoms with Gasteiger partial charge in [-0.2, -0.15) is 5.10 Å². The van der Waals surface area contributed by atoms with Crippen molar-refractivity contribution >= 4 is 41.5 Å².